The van der Waals surface area contributed by atoms with Crippen molar-refractivity contribution < 1.29 is 8.42 Å². The molecule has 1 unspecified atom stereocenters. The lowest BCUT2D eigenvalue weighted by Crippen LogP contribution is -2.37. The van der Waals surface area contributed by atoms with Gasteiger partial charge in [0.2, 0.25) is 0 Å². The minimum absolute atomic E-state index is 0.213. The van der Waals surface area contributed by atoms with Gasteiger partial charge in [0.05, 0.1) is 5.37 Å². The minimum atomic E-state index is -3.49. The third kappa shape index (κ3) is 1.63. The molecule has 0 aliphatic carbocycles. The van der Waals surface area contributed by atoms with Crippen molar-refractivity contribution in [2.24, 2.45) is 5.14 Å². The number of nitrogens with zero attached hydrogens (tertiary/aromatic N) is 1. The van der Waals surface area contributed by atoms with Crippen molar-refractivity contribution in [3.05, 3.63) is 0 Å². The van der Waals surface area contributed by atoms with Crippen molar-refractivity contribution in [2.45, 2.75) is 18.2 Å². The van der Waals surface area contributed by atoms with E-state index < -0.39 is 10.2 Å². The highest BCUT2D eigenvalue weighted by Crippen LogP contribution is 2.21. The van der Waals surface area contributed by atoms with Gasteiger partial charge in [-0.2, -0.15) is 25.4 Å². The number of rotatable bonds is 1. The zero-order valence-electron chi connectivity index (χ0n) is 5.40. The maximum atomic E-state index is 10.7. The molecule has 0 bridgehead atoms. The first kappa shape index (κ1) is 8.32. The van der Waals surface area contributed by atoms with Crippen molar-refractivity contribution >= 4 is 22.8 Å². The zero-order valence-corrected chi connectivity index (χ0v) is 7.11. The molecule has 1 saturated heterocycles. The number of thiol groups is 1. The van der Waals surface area contributed by atoms with Crippen molar-refractivity contribution in [1.82, 2.24) is 4.31 Å². The molecule has 4 nitrogen and oxygen atoms in total. The van der Waals surface area contributed by atoms with Gasteiger partial charge in [-0.1, -0.05) is 0 Å². The van der Waals surface area contributed by atoms with Gasteiger partial charge >= 0.3 is 0 Å². The predicted molar refractivity (Wildman–Crippen MR) is 41.8 cm³/mol. The summed E-state index contributed by atoms with van der Waals surface area (Å²) in [5.41, 5.74) is 0. The molecule has 0 saturated carbocycles. The number of hydrogen-bond acceptors (Lipinski definition) is 3. The van der Waals surface area contributed by atoms with E-state index in [1.54, 1.807) is 0 Å². The molecule has 1 fully saturated rings. The van der Waals surface area contributed by atoms with Crippen molar-refractivity contribution in [3.63, 3.8) is 0 Å². The summed E-state index contributed by atoms with van der Waals surface area (Å²) < 4.78 is 22.6. The van der Waals surface area contributed by atoms with E-state index in [9.17, 15) is 8.42 Å². The average Bonchev–Trinajstić information content (AvgIpc) is 2.11. The van der Waals surface area contributed by atoms with Crippen LogP contribution in [0.1, 0.15) is 12.8 Å². The van der Waals surface area contributed by atoms with Gasteiger partial charge in [-0.25, -0.2) is 5.14 Å². The Morgan fingerprint density at radius 1 is 1.60 bits per heavy atom. The Bertz CT molecular complexity index is 213. The summed E-state index contributed by atoms with van der Waals surface area (Å²) in [6.45, 7) is 0.507. The van der Waals surface area contributed by atoms with E-state index in [2.05, 4.69) is 12.6 Å². The van der Waals surface area contributed by atoms with Gasteiger partial charge < -0.3 is 0 Å². The van der Waals surface area contributed by atoms with Gasteiger partial charge in [-0.3, -0.25) is 0 Å². The molecule has 0 aromatic rings. The molecule has 0 amide bonds. The zero-order chi connectivity index (χ0) is 7.78. The summed E-state index contributed by atoms with van der Waals surface area (Å²) >= 11 is 4.05. The Morgan fingerprint density at radius 2 is 2.20 bits per heavy atom. The summed E-state index contributed by atoms with van der Waals surface area (Å²) in [7, 11) is -3.49. The lowest BCUT2D eigenvalue weighted by atomic mass is 10.4. The predicted octanol–water partition coefficient (Wildman–Crippen LogP) is -0.458. The monoisotopic (exact) mass is 182 g/mol. The van der Waals surface area contributed by atoms with Crippen LogP contribution in [0.4, 0.5) is 0 Å². The molecule has 1 rings (SSSR count). The Kier molecular flexibility index (Phi) is 2.24. The second-order valence-corrected chi connectivity index (χ2v) is 4.37. The highest BCUT2D eigenvalue weighted by molar-refractivity contribution is 7.88. The van der Waals surface area contributed by atoms with Crippen molar-refractivity contribution in [3.8, 4) is 0 Å². The molecule has 6 heteroatoms. The van der Waals surface area contributed by atoms with Crippen molar-refractivity contribution in [2.75, 3.05) is 6.54 Å². The lowest BCUT2D eigenvalue weighted by molar-refractivity contribution is 0.462. The maximum Gasteiger partial charge on any atom is 0.277 e. The highest BCUT2D eigenvalue weighted by atomic mass is 32.2. The van der Waals surface area contributed by atoms with Gasteiger partial charge in [0.25, 0.3) is 10.2 Å². The molecule has 10 heavy (non-hydrogen) atoms. The quantitative estimate of drug-likeness (QED) is 0.539. The van der Waals surface area contributed by atoms with Crippen LogP contribution in [0.5, 0.6) is 0 Å². The summed E-state index contributed by atoms with van der Waals surface area (Å²) in [6.07, 6.45) is 1.64. The molecule has 0 aromatic carbocycles. The minimum Gasteiger partial charge on any atom is -0.216 e. The third-order valence-electron chi connectivity index (χ3n) is 1.50. The highest BCUT2D eigenvalue weighted by Gasteiger charge is 2.28. The summed E-state index contributed by atoms with van der Waals surface area (Å²) in [4.78, 5) is 0. The third-order valence-corrected chi connectivity index (χ3v) is 3.28. The van der Waals surface area contributed by atoms with Gasteiger partial charge in [-0.15, -0.1) is 0 Å². The van der Waals surface area contributed by atoms with Crippen LogP contribution in [-0.2, 0) is 10.2 Å². The van der Waals surface area contributed by atoms with E-state index in [-0.39, 0.29) is 5.37 Å². The molecule has 1 aliphatic rings. The second-order valence-electron chi connectivity index (χ2n) is 2.28. The Labute approximate surface area is 66.0 Å². The van der Waals surface area contributed by atoms with E-state index in [0.717, 1.165) is 12.8 Å². The van der Waals surface area contributed by atoms with Crippen LogP contribution in [0.15, 0.2) is 0 Å². The fourth-order valence-electron chi connectivity index (χ4n) is 1.02. The first-order chi connectivity index (χ1) is 4.52. The van der Waals surface area contributed by atoms with Gasteiger partial charge in [0.1, 0.15) is 0 Å². The molecule has 1 heterocycles. The van der Waals surface area contributed by atoms with E-state index in [0.29, 0.717) is 6.54 Å². The van der Waals surface area contributed by atoms with E-state index in [4.69, 9.17) is 5.14 Å². The fourth-order valence-corrected chi connectivity index (χ4v) is 2.54. The standard InChI is InChI=1S/C4H10N2O2S2/c5-10(7,8)6-3-1-2-4(6)9/h4,9H,1-3H2,(H2,5,7,8). The molecule has 0 radical (unpaired) electrons. The van der Waals surface area contributed by atoms with Crippen LogP contribution < -0.4 is 5.14 Å². The smallest absolute Gasteiger partial charge is 0.216 e. The molecule has 0 aromatic heterocycles. The van der Waals surface area contributed by atoms with Crippen LogP contribution in [0, 0.1) is 0 Å². The van der Waals surface area contributed by atoms with Crippen LogP contribution in [0.3, 0.4) is 0 Å². The van der Waals surface area contributed by atoms with E-state index >= 15 is 0 Å². The molecule has 60 valence electrons. The molecular weight excluding hydrogens is 172 g/mol. The van der Waals surface area contributed by atoms with Crippen LogP contribution in [0.25, 0.3) is 0 Å². The van der Waals surface area contributed by atoms with Crippen LogP contribution in [-0.4, -0.2) is 24.6 Å². The molecular formula is C4H10N2O2S2. The topological polar surface area (TPSA) is 63.4 Å². The summed E-state index contributed by atoms with van der Waals surface area (Å²) in [5, 5.41) is 4.67. The Balaban J connectivity index is 2.74. The second kappa shape index (κ2) is 2.69. The number of hydrogen-bond donors (Lipinski definition) is 2. The van der Waals surface area contributed by atoms with Gasteiger partial charge in [0.15, 0.2) is 0 Å². The summed E-state index contributed by atoms with van der Waals surface area (Å²) in [6, 6.07) is 0. The SMILES string of the molecule is NS(=O)(=O)N1CCCC1S. The first-order valence-corrected chi connectivity index (χ1v) is 5.01. The van der Waals surface area contributed by atoms with Crippen LogP contribution in [0.2, 0.25) is 0 Å². The Morgan fingerprint density at radius 3 is 2.40 bits per heavy atom. The normalized spacial score (nSPS) is 29.2. The lowest BCUT2D eigenvalue weighted by Gasteiger charge is -2.15. The van der Waals surface area contributed by atoms with Crippen LogP contribution >= 0.6 is 12.6 Å². The van der Waals surface area contributed by atoms with E-state index in [1.807, 2.05) is 0 Å². The maximum absolute atomic E-state index is 10.7. The Hall–Kier alpha value is 0.220. The summed E-state index contributed by atoms with van der Waals surface area (Å²) in [5.74, 6) is 0. The largest absolute Gasteiger partial charge is 0.277 e. The molecule has 1 atom stereocenters. The van der Waals surface area contributed by atoms with E-state index in [1.165, 1.54) is 4.31 Å². The average molecular weight is 182 g/mol. The van der Waals surface area contributed by atoms with Gasteiger partial charge in [-0.05, 0) is 12.8 Å². The number of nitrogens with two attached hydrogens (primary N) is 1. The molecule has 0 spiro atoms. The van der Waals surface area contributed by atoms with Crippen molar-refractivity contribution in [1.29, 1.82) is 0 Å². The molecule has 1 aliphatic heterocycles. The fraction of sp³-hybridized carbons (Fsp3) is 1.00. The molecule has 2 N–H and O–H groups in total. The van der Waals surface area contributed by atoms with Gasteiger partial charge in [0, 0.05) is 6.54 Å². The first-order valence-electron chi connectivity index (χ1n) is 2.99.